The number of nitrogens with one attached hydrogen (secondary N) is 2. The number of halogens is 2. The van der Waals surface area contributed by atoms with Crippen molar-refractivity contribution in [1.82, 2.24) is 4.98 Å². The van der Waals surface area contributed by atoms with Gasteiger partial charge in [-0.15, -0.1) is 0 Å². The van der Waals surface area contributed by atoms with Gasteiger partial charge < -0.3 is 19.8 Å². The molecule has 1 amide bonds. The van der Waals surface area contributed by atoms with Crippen LogP contribution in [0.15, 0.2) is 18.2 Å². The zero-order valence-electron chi connectivity index (χ0n) is 14.9. The average molecular weight is 413 g/mol. The Kier molecular flexibility index (Phi) is 6.87. The molecule has 2 aromatic rings. The van der Waals surface area contributed by atoms with E-state index in [1.165, 1.54) is 12.1 Å². The van der Waals surface area contributed by atoms with Crippen molar-refractivity contribution in [3.05, 3.63) is 50.8 Å². The quantitative estimate of drug-likeness (QED) is 0.700. The fraction of sp³-hybridized carbons (Fsp3) is 0.278. The van der Waals surface area contributed by atoms with Crippen LogP contribution in [0.5, 0.6) is 0 Å². The molecule has 0 saturated carbocycles. The summed E-state index contributed by atoms with van der Waals surface area (Å²) in [4.78, 5) is 39.0. The third-order valence-electron chi connectivity index (χ3n) is 3.66. The number of hydrogen-bond acceptors (Lipinski definition) is 5. The predicted molar refractivity (Wildman–Crippen MR) is 102 cm³/mol. The lowest BCUT2D eigenvalue weighted by Crippen LogP contribution is -2.21. The van der Waals surface area contributed by atoms with Crippen molar-refractivity contribution in [2.24, 2.45) is 0 Å². The fourth-order valence-corrected chi connectivity index (χ4v) is 2.78. The second kappa shape index (κ2) is 8.92. The molecular weight excluding hydrogens is 395 g/mol. The summed E-state index contributed by atoms with van der Waals surface area (Å²) in [6.45, 7) is 4.59. The van der Waals surface area contributed by atoms with Crippen LogP contribution in [0.1, 0.15) is 39.0 Å². The summed E-state index contributed by atoms with van der Waals surface area (Å²) < 4.78 is 9.98. The van der Waals surface area contributed by atoms with E-state index in [0.717, 1.165) is 0 Å². The Bertz CT molecular complexity index is 892. The summed E-state index contributed by atoms with van der Waals surface area (Å²) in [5, 5.41) is 3.21. The minimum absolute atomic E-state index is 0.177. The highest BCUT2D eigenvalue weighted by atomic mass is 35.5. The first-order valence-electron chi connectivity index (χ1n) is 8.02. The number of aryl methyl sites for hydroxylation is 1. The van der Waals surface area contributed by atoms with Gasteiger partial charge in [-0.25, -0.2) is 9.59 Å². The number of carbonyl (C=O) groups is 3. The molecule has 144 valence electrons. The number of anilines is 1. The maximum absolute atomic E-state index is 12.3. The monoisotopic (exact) mass is 412 g/mol. The van der Waals surface area contributed by atoms with Gasteiger partial charge in [-0.2, -0.15) is 0 Å². The lowest BCUT2D eigenvalue weighted by Gasteiger charge is -2.09. The van der Waals surface area contributed by atoms with Crippen molar-refractivity contribution < 1.29 is 23.9 Å². The van der Waals surface area contributed by atoms with Gasteiger partial charge in [0.1, 0.15) is 5.69 Å². The highest BCUT2D eigenvalue weighted by molar-refractivity contribution is 6.35. The van der Waals surface area contributed by atoms with Gasteiger partial charge >= 0.3 is 11.9 Å². The van der Waals surface area contributed by atoms with Gasteiger partial charge in [0.2, 0.25) is 0 Å². The number of rotatable bonds is 6. The molecule has 0 aliphatic heterocycles. The molecule has 0 aliphatic carbocycles. The SMILES string of the molecule is CCOC(=O)c1[nH]c(C)c(C(=O)OCC(=O)Nc2cc(Cl)ccc2Cl)c1C. The molecule has 0 radical (unpaired) electrons. The number of aromatic nitrogens is 1. The van der Waals surface area contributed by atoms with E-state index in [1.807, 2.05) is 0 Å². The number of amides is 1. The van der Waals surface area contributed by atoms with E-state index in [9.17, 15) is 14.4 Å². The predicted octanol–water partition coefficient (Wildman–Crippen LogP) is 3.91. The molecule has 1 aromatic carbocycles. The Labute approximate surface area is 165 Å². The normalized spacial score (nSPS) is 10.4. The second-order valence-corrected chi connectivity index (χ2v) is 6.44. The molecular formula is C18H18Cl2N2O5. The standard InChI is InChI=1S/C18H18Cl2N2O5/c1-4-26-18(25)16-9(2)15(10(3)21-16)17(24)27-8-14(23)22-13-7-11(19)5-6-12(13)20/h5-7,21H,4,8H2,1-3H3,(H,22,23). The topological polar surface area (TPSA) is 97.5 Å². The van der Waals surface area contributed by atoms with Gasteiger partial charge in [-0.3, -0.25) is 4.79 Å². The molecule has 0 aliphatic rings. The van der Waals surface area contributed by atoms with Gasteiger partial charge in [0.05, 0.1) is 22.9 Å². The van der Waals surface area contributed by atoms with Crippen LogP contribution in [0.25, 0.3) is 0 Å². The summed E-state index contributed by atoms with van der Waals surface area (Å²) in [7, 11) is 0. The number of aromatic amines is 1. The van der Waals surface area contributed by atoms with Crippen molar-refractivity contribution in [2.45, 2.75) is 20.8 Å². The first kappa shape index (κ1) is 20.8. The largest absolute Gasteiger partial charge is 0.461 e. The first-order chi connectivity index (χ1) is 12.7. The molecule has 0 spiro atoms. The Morgan fingerprint density at radius 3 is 2.48 bits per heavy atom. The number of benzene rings is 1. The smallest absolute Gasteiger partial charge is 0.355 e. The average Bonchev–Trinajstić information content (AvgIpc) is 2.91. The number of ether oxygens (including phenoxy) is 2. The maximum atomic E-state index is 12.3. The molecule has 0 fully saturated rings. The second-order valence-electron chi connectivity index (χ2n) is 5.59. The van der Waals surface area contributed by atoms with E-state index < -0.39 is 24.5 Å². The van der Waals surface area contributed by atoms with Crippen molar-refractivity contribution in [2.75, 3.05) is 18.5 Å². The molecule has 2 rings (SSSR count). The zero-order chi connectivity index (χ0) is 20.1. The lowest BCUT2D eigenvalue weighted by atomic mass is 10.1. The van der Waals surface area contributed by atoms with E-state index in [4.69, 9.17) is 32.7 Å². The maximum Gasteiger partial charge on any atom is 0.355 e. The van der Waals surface area contributed by atoms with Gasteiger partial charge in [0, 0.05) is 10.7 Å². The molecule has 0 atom stereocenters. The van der Waals surface area contributed by atoms with Crippen LogP contribution >= 0.6 is 23.2 Å². The third-order valence-corrected chi connectivity index (χ3v) is 4.22. The van der Waals surface area contributed by atoms with Crippen LogP contribution in [0, 0.1) is 13.8 Å². The summed E-state index contributed by atoms with van der Waals surface area (Å²) in [6, 6.07) is 4.60. The fourth-order valence-electron chi connectivity index (χ4n) is 2.45. The van der Waals surface area contributed by atoms with Crippen molar-refractivity contribution in [3.63, 3.8) is 0 Å². The number of hydrogen-bond donors (Lipinski definition) is 2. The van der Waals surface area contributed by atoms with Crippen LogP contribution in [0.4, 0.5) is 5.69 Å². The van der Waals surface area contributed by atoms with Crippen LogP contribution in [0.2, 0.25) is 10.0 Å². The van der Waals surface area contributed by atoms with E-state index >= 15 is 0 Å². The molecule has 27 heavy (non-hydrogen) atoms. The molecule has 0 unspecified atom stereocenters. The van der Waals surface area contributed by atoms with Crippen LogP contribution < -0.4 is 5.32 Å². The van der Waals surface area contributed by atoms with Crippen LogP contribution in [-0.2, 0) is 14.3 Å². The number of H-pyrrole nitrogens is 1. The highest BCUT2D eigenvalue weighted by Gasteiger charge is 2.24. The molecule has 0 saturated heterocycles. The Morgan fingerprint density at radius 1 is 1.11 bits per heavy atom. The molecule has 1 heterocycles. The Morgan fingerprint density at radius 2 is 1.81 bits per heavy atom. The van der Waals surface area contributed by atoms with Gasteiger partial charge in [-0.1, -0.05) is 23.2 Å². The Hall–Kier alpha value is -2.51. The van der Waals surface area contributed by atoms with Gasteiger partial charge in [-0.05, 0) is 44.5 Å². The molecule has 9 heteroatoms. The summed E-state index contributed by atoms with van der Waals surface area (Å²) in [6.07, 6.45) is 0. The van der Waals surface area contributed by atoms with E-state index in [2.05, 4.69) is 10.3 Å². The summed E-state index contributed by atoms with van der Waals surface area (Å²) in [5.74, 6) is -1.88. The molecule has 2 N–H and O–H groups in total. The van der Waals surface area contributed by atoms with Crippen LogP contribution in [0.3, 0.4) is 0 Å². The number of carbonyl (C=O) groups excluding carboxylic acids is 3. The van der Waals surface area contributed by atoms with E-state index in [1.54, 1.807) is 26.8 Å². The molecule has 1 aromatic heterocycles. The van der Waals surface area contributed by atoms with E-state index in [0.29, 0.717) is 27.0 Å². The summed E-state index contributed by atoms with van der Waals surface area (Å²) in [5.41, 5.74) is 1.51. The molecule has 0 bridgehead atoms. The van der Waals surface area contributed by atoms with Crippen molar-refractivity contribution in [3.8, 4) is 0 Å². The van der Waals surface area contributed by atoms with Gasteiger partial charge in [0.15, 0.2) is 6.61 Å². The minimum atomic E-state index is -0.732. The first-order valence-corrected chi connectivity index (χ1v) is 8.78. The third kappa shape index (κ3) is 5.02. The van der Waals surface area contributed by atoms with Gasteiger partial charge in [0.25, 0.3) is 5.91 Å². The van der Waals surface area contributed by atoms with Crippen LogP contribution in [-0.4, -0.2) is 36.0 Å². The Balaban J connectivity index is 2.04. The lowest BCUT2D eigenvalue weighted by molar-refractivity contribution is -0.119. The number of esters is 2. The molecule has 7 nitrogen and oxygen atoms in total. The van der Waals surface area contributed by atoms with Crippen molar-refractivity contribution >= 4 is 46.7 Å². The van der Waals surface area contributed by atoms with Crippen molar-refractivity contribution in [1.29, 1.82) is 0 Å². The highest BCUT2D eigenvalue weighted by Crippen LogP contribution is 2.25. The van der Waals surface area contributed by atoms with E-state index in [-0.39, 0.29) is 17.9 Å². The summed E-state index contributed by atoms with van der Waals surface area (Å²) >= 11 is 11.8. The minimum Gasteiger partial charge on any atom is -0.461 e. The zero-order valence-corrected chi connectivity index (χ0v) is 16.5.